The molecule has 0 radical (unpaired) electrons. The van der Waals surface area contributed by atoms with Gasteiger partial charge in [-0.25, -0.2) is 0 Å². The highest BCUT2D eigenvalue weighted by molar-refractivity contribution is 7.80. The molecule has 0 saturated heterocycles. The molecule has 4 N–H and O–H groups in total. The molecule has 19 heavy (non-hydrogen) atoms. The highest BCUT2D eigenvalue weighted by Gasteiger charge is 2.28. The number of carbonyl (C=O) groups excluding carboxylic acids is 1. The molecule has 0 aromatic heterocycles. The molecule has 0 atom stereocenters. The number of para-hydroxylation sites is 1. The molecule has 1 amide bonds. The first-order valence-electron chi connectivity index (χ1n) is 6.50. The van der Waals surface area contributed by atoms with Gasteiger partial charge in [0.05, 0.1) is 0 Å². The lowest BCUT2D eigenvalue weighted by Gasteiger charge is -2.14. The average molecular weight is 277 g/mol. The molecule has 1 saturated carbocycles. The summed E-state index contributed by atoms with van der Waals surface area (Å²) in [6.45, 7) is 3.28. The smallest absolute Gasteiger partial charge is 0.223 e. The van der Waals surface area contributed by atoms with Crippen molar-refractivity contribution in [1.82, 2.24) is 5.32 Å². The Morgan fingerprint density at radius 3 is 2.79 bits per heavy atom. The van der Waals surface area contributed by atoms with Crippen molar-refractivity contribution in [3.63, 3.8) is 0 Å². The number of carbonyl (C=O) groups is 1. The number of hydrogen-bond donors (Lipinski definition) is 3. The molecule has 1 fully saturated rings. The summed E-state index contributed by atoms with van der Waals surface area (Å²) in [7, 11) is 0. The van der Waals surface area contributed by atoms with Gasteiger partial charge in [0, 0.05) is 30.3 Å². The van der Waals surface area contributed by atoms with Crippen LogP contribution in [0.15, 0.2) is 18.2 Å². The van der Waals surface area contributed by atoms with Gasteiger partial charge in [0.2, 0.25) is 5.91 Å². The molecule has 1 aliphatic rings. The van der Waals surface area contributed by atoms with E-state index < -0.39 is 0 Å². The molecule has 0 bridgehead atoms. The highest BCUT2D eigenvalue weighted by Crippen LogP contribution is 2.28. The fourth-order valence-electron chi connectivity index (χ4n) is 1.97. The number of rotatable bonds is 6. The Labute approximate surface area is 118 Å². The van der Waals surface area contributed by atoms with E-state index in [0.29, 0.717) is 18.1 Å². The molecular formula is C14H19N3OS. The molecule has 5 heteroatoms. The molecule has 2 rings (SSSR count). The molecule has 1 aliphatic carbocycles. The van der Waals surface area contributed by atoms with Crippen molar-refractivity contribution in [3.8, 4) is 0 Å². The second-order valence-corrected chi connectivity index (χ2v) is 5.29. The second-order valence-electron chi connectivity index (χ2n) is 4.85. The first-order valence-corrected chi connectivity index (χ1v) is 6.91. The van der Waals surface area contributed by atoms with E-state index in [4.69, 9.17) is 18.0 Å². The predicted octanol–water partition coefficient (Wildman–Crippen LogP) is 1.57. The van der Waals surface area contributed by atoms with Crippen molar-refractivity contribution in [1.29, 1.82) is 0 Å². The van der Waals surface area contributed by atoms with Crippen LogP contribution in [0.5, 0.6) is 0 Å². The van der Waals surface area contributed by atoms with E-state index in [0.717, 1.165) is 29.7 Å². The number of anilines is 1. The summed E-state index contributed by atoms with van der Waals surface area (Å²) in [5, 5.41) is 6.21. The fraction of sp³-hybridized carbons (Fsp3) is 0.429. The van der Waals surface area contributed by atoms with E-state index in [2.05, 4.69) is 10.6 Å². The number of nitrogens with one attached hydrogen (secondary N) is 2. The lowest BCUT2D eigenvalue weighted by Crippen LogP contribution is -2.30. The van der Waals surface area contributed by atoms with Gasteiger partial charge in [-0.2, -0.15) is 0 Å². The minimum Gasteiger partial charge on any atom is -0.389 e. The maximum absolute atomic E-state index is 11.5. The van der Waals surface area contributed by atoms with Gasteiger partial charge >= 0.3 is 0 Å². The van der Waals surface area contributed by atoms with Crippen LogP contribution >= 0.6 is 12.2 Å². The zero-order valence-electron chi connectivity index (χ0n) is 11.0. The third-order valence-corrected chi connectivity index (χ3v) is 3.43. The number of thiocarbonyl (C=S) groups is 1. The SMILES string of the molecule is Cc1cccc(C(N)=S)c1NCCNC(=O)C1CC1. The van der Waals surface area contributed by atoms with Crippen molar-refractivity contribution in [3.05, 3.63) is 29.3 Å². The van der Waals surface area contributed by atoms with Gasteiger partial charge in [0.15, 0.2) is 0 Å². The monoisotopic (exact) mass is 277 g/mol. The second kappa shape index (κ2) is 6.02. The van der Waals surface area contributed by atoms with Crippen LogP contribution < -0.4 is 16.4 Å². The number of benzene rings is 1. The summed E-state index contributed by atoms with van der Waals surface area (Å²) >= 11 is 5.04. The Hall–Kier alpha value is -1.62. The molecule has 0 heterocycles. The Kier molecular flexibility index (Phi) is 4.37. The minimum atomic E-state index is 0.168. The number of nitrogens with two attached hydrogens (primary N) is 1. The summed E-state index contributed by atoms with van der Waals surface area (Å²) in [5.74, 6) is 0.423. The number of amides is 1. The molecule has 102 valence electrons. The number of aryl methyl sites for hydroxylation is 1. The quantitative estimate of drug-likeness (QED) is 0.545. The van der Waals surface area contributed by atoms with Crippen LogP contribution in [0.3, 0.4) is 0 Å². The Morgan fingerprint density at radius 2 is 2.16 bits per heavy atom. The third kappa shape index (κ3) is 3.67. The number of hydrogen-bond acceptors (Lipinski definition) is 3. The van der Waals surface area contributed by atoms with Crippen molar-refractivity contribution in [2.24, 2.45) is 11.7 Å². The Morgan fingerprint density at radius 1 is 1.42 bits per heavy atom. The van der Waals surface area contributed by atoms with Gasteiger partial charge in [-0.15, -0.1) is 0 Å². The molecule has 0 aliphatic heterocycles. The molecule has 0 unspecified atom stereocenters. The first-order chi connectivity index (χ1) is 9.09. The lowest BCUT2D eigenvalue weighted by atomic mass is 10.1. The van der Waals surface area contributed by atoms with Crippen LogP contribution in [-0.4, -0.2) is 24.0 Å². The maximum Gasteiger partial charge on any atom is 0.223 e. The average Bonchev–Trinajstić information content (AvgIpc) is 3.19. The molecule has 1 aromatic carbocycles. The lowest BCUT2D eigenvalue weighted by molar-refractivity contribution is -0.122. The van der Waals surface area contributed by atoms with Gasteiger partial charge in [-0.1, -0.05) is 24.4 Å². The van der Waals surface area contributed by atoms with Gasteiger partial charge in [-0.05, 0) is 31.4 Å². The van der Waals surface area contributed by atoms with E-state index in [9.17, 15) is 4.79 Å². The summed E-state index contributed by atoms with van der Waals surface area (Å²) in [6.07, 6.45) is 2.06. The Balaban J connectivity index is 1.88. The van der Waals surface area contributed by atoms with E-state index >= 15 is 0 Å². The third-order valence-electron chi connectivity index (χ3n) is 3.21. The van der Waals surface area contributed by atoms with Crippen LogP contribution in [-0.2, 0) is 4.79 Å². The largest absolute Gasteiger partial charge is 0.389 e. The van der Waals surface area contributed by atoms with Crippen LogP contribution in [0.2, 0.25) is 0 Å². The van der Waals surface area contributed by atoms with E-state index in [-0.39, 0.29) is 11.8 Å². The molecular weight excluding hydrogens is 258 g/mol. The van der Waals surface area contributed by atoms with Crippen molar-refractivity contribution in [2.75, 3.05) is 18.4 Å². The van der Waals surface area contributed by atoms with Crippen LogP contribution in [0, 0.1) is 12.8 Å². The van der Waals surface area contributed by atoms with Crippen LogP contribution in [0.4, 0.5) is 5.69 Å². The van der Waals surface area contributed by atoms with Crippen LogP contribution in [0.25, 0.3) is 0 Å². The Bertz CT molecular complexity index is 497. The minimum absolute atomic E-state index is 0.168. The fourth-order valence-corrected chi connectivity index (χ4v) is 2.14. The normalized spacial score (nSPS) is 13.9. The van der Waals surface area contributed by atoms with Crippen molar-refractivity contribution in [2.45, 2.75) is 19.8 Å². The van der Waals surface area contributed by atoms with Gasteiger partial charge < -0.3 is 16.4 Å². The maximum atomic E-state index is 11.5. The van der Waals surface area contributed by atoms with Crippen molar-refractivity contribution >= 4 is 28.8 Å². The van der Waals surface area contributed by atoms with Crippen molar-refractivity contribution < 1.29 is 4.79 Å². The summed E-state index contributed by atoms with van der Waals surface area (Å²) in [5.41, 5.74) is 8.61. The van der Waals surface area contributed by atoms with Crippen LogP contribution in [0.1, 0.15) is 24.0 Å². The molecule has 0 spiro atoms. The van der Waals surface area contributed by atoms with E-state index in [1.165, 1.54) is 0 Å². The first kappa shape index (κ1) is 13.8. The zero-order chi connectivity index (χ0) is 13.8. The summed E-state index contributed by atoms with van der Waals surface area (Å²) < 4.78 is 0. The summed E-state index contributed by atoms with van der Waals surface area (Å²) in [4.78, 5) is 11.9. The standard InChI is InChI=1S/C14H19N3OS/c1-9-3-2-4-11(13(15)19)12(9)16-7-8-17-14(18)10-5-6-10/h2-4,10,16H,5-8H2,1H3,(H2,15,19)(H,17,18). The van der Waals surface area contributed by atoms with Gasteiger partial charge in [0.25, 0.3) is 0 Å². The van der Waals surface area contributed by atoms with E-state index in [1.807, 2.05) is 25.1 Å². The molecule has 4 nitrogen and oxygen atoms in total. The van der Waals surface area contributed by atoms with Gasteiger partial charge in [0.1, 0.15) is 4.99 Å². The predicted molar refractivity (Wildman–Crippen MR) is 81.3 cm³/mol. The highest BCUT2D eigenvalue weighted by atomic mass is 32.1. The zero-order valence-corrected chi connectivity index (χ0v) is 11.8. The summed E-state index contributed by atoms with van der Waals surface area (Å²) in [6, 6.07) is 5.84. The van der Waals surface area contributed by atoms with E-state index in [1.54, 1.807) is 0 Å². The molecule has 1 aromatic rings. The van der Waals surface area contributed by atoms with Gasteiger partial charge in [-0.3, -0.25) is 4.79 Å². The topological polar surface area (TPSA) is 67.2 Å².